The fraction of sp³-hybridized carbons (Fsp3) is 0.824. The van der Waals surface area contributed by atoms with Crippen LogP contribution in [0.1, 0.15) is 72.1 Å². The van der Waals surface area contributed by atoms with E-state index in [2.05, 4.69) is 38.0 Å². The molecule has 0 aliphatic heterocycles. The van der Waals surface area contributed by atoms with E-state index in [1.54, 1.807) is 0 Å². The molecule has 0 aliphatic carbocycles. The van der Waals surface area contributed by atoms with Gasteiger partial charge in [0.1, 0.15) is 0 Å². The Morgan fingerprint density at radius 3 is 1.70 bits per heavy atom. The van der Waals surface area contributed by atoms with Gasteiger partial charge in [0.25, 0.3) is 0 Å². The van der Waals surface area contributed by atoms with Crippen molar-refractivity contribution >= 4 is 5.91 Å². The SMILES string of the molecule is C=CC(N)=O.CCCCCCCCCCN(CC)CC. The van der Waals surface area contributed by atoms with Crippen LogP contribution in [0.15, 0.2) is 12.7 Å². The number of primary amides is 1. The van der Waals surface area contributed by atoms with E-state index in [1.807, 2.05) is 0 Å². The van der Waals surface area contributed by atoms with Gasteiger partial charge in [-0.05, 0) is 32.1 Å². The van der Waals surface area contributed by atoms with E-state index in [0.717, 1.165) is 6.08 Å². The van der Waals surface area contributed by atoms with Crippen molar-refractivity contribution in [2.45, 2.75) is 72.1 Å². The smallest absolute Gasteiger partial charge is 0.240 e. The van der Waals surface area contributed by atoms with Gasteiger partial charge in [-0.25, -0.2) is 0 Å². The van der Waals surface area contributed by atoms with Gasteiger partial charge in [-0.2, -0.15) is 0 Å². The molecular weight excluding hydrogens is 248 g/mol. The number of carbonyl (C=O) groups is 1. The number of unbranched alkanes of at least 4 members (excludes halogenated alkanes) is 7. The Labute approximate surface area is 126 Å². The van der Waals surface area contributed by atoms with E-state index >= 15 is 0 Å². The Hall–Kier alpha value is -0.830. The van der Waals surface area contributed by atoms with E-state index in [1.165, 1.54) is 71.0 Å². The van der Waals surface area contributed by atoms with Crippen molar-refractivity contribution < 1.29 is 4.79 Å². The van der Waals surface area contributed by atoms with Crippen molar-refractivity contribution in [3.63, 3.8) is 0 Å². The fourth-order valence-electron chi connectivity index (χ4n) is 2.01. The molecule has 3 nitrogen and oxygen atoms in total. The minimum Gasteiger partial charge on any atom is -0.366 e. The van der Waals surface area contributed by atoms with Crippen molar-refractivity contribution in [3.05, 3.63) is 12.7 Å². The zero-order valence-electron chi connectivity index (χ0n) is 14.0. The number of hydrogen-bond donors (Lipinski definition) is 1. The van der Waals surface area contributed by atoms with Crippen molar-refractivity contribution in [1.29, 1.82) is 0 Å². The topological polar surface area (TPSA) is 46.3 Å². The van der Waals surface area contributed by atoms with E-state index in [9.17, 15) is 4.79 Å². The van der Waals surface area contributed by atoms with Crippen LogP contribution in [-0.4, -0.2) is 30.4 Å². The number of nitrogens with two attached hydrogens (primary N) is 1. The van der Waals surface area contributed by atoms with Gasteiger partial charge in [0.15, 0.2) is 0 Å². The normalized spacial score (nSPS) is 10.0. The van der Waals surface area contributed by atoms with Crippen LogP contribution in [0.3, 0.4) is 0 Å². The van der Waals surface area contributed by atoms with E-state index in [0.29, 0.717) is 0 Å². The predicted molar refractivity (Wildman–Crippen MR) is 89.8 cm³/mol. The summed E-state index contributed by atoms with van der Waals surface area (Å²) in [6.45, 7) is 13.6. The van der Waals surface area contributed by atoms with Crippen molar-refractivity contribution in [1.82, 2.24) is 4.90 Å². The molecule has 0 bridgehead atoms. The molecule has 0 aromatic rings. The molecule has 3 heteroatoms. The molecule has 0 rings (SSSR count). The summed E-state index contributed by atoms with van der Waals surface area (Å²) in [5, 5.41) is 0. The number of hydrogen-bond acceptors (Lipinski definition) is 2. The van der Waals surface area contributed by atoms with E-state index in [4.69, 9.17) is 0 Å². The Morgan fingerprint density at radius 1 is 0.950 bits per heavy atom. The first-order valence-corrected chi connectivity index (χ1v) is 8.26. The minimum absolute atomic E-state index is 0.481. The third-order valence-corrected chi connectivity index (χ3v) is 3.42. The van der Waals surface area contributed by atoms with Gasteiger partial charge < -0.3 is 10.6 Å². The van der Waals surface area contributed by atoms with Crippen LogP contribution in [0.25, 0.3) is 0 Å². The summed E-state index contributed by atoms with van der Waals surface area (Å²) < 4.78 is 0. The second-order valence-corrected chi connectivity index (χ2v) is 5.11. The summed E-state index contributed by atoms with van der Waals surface area (Å²) >= 11 is 0. The molecule has 0 spiro atoms. The molecule has 0 fully saturated rings. The maximum atomic E-state index is 9.47. The average Bonchev–Trinajstić information content (AvgIpc) is 2.46. The summed E-state index contributed by atoms with van der Waals surface area (Å²) in [5.41, 5.74) is 4.53. The molecule has 0 unspecified atom stereocenters. The van der Waals surface area contributed by atoms with Crippen LogP contribution in [0.5, 0.6) is 0 Å². The molecule has 2 N–H and O–H groups in total. The predicted octanol–water partition coefficient (Wildman–Crippen LogP) is 4.13. The Kier molecular flexibility index (Phi) is 19.5. The van der Waals surface area contributed by atoms with Crippen LogP contribution in [0.2, 0.25) is 0 Å². The third kappa shape index (κ3) is 19.5. The number of nitrogens with zero attached hydrogens (tertiary/aromatic N) is 1. The molecule has 0 saturated heterocycles. The molecule has 0 atom stereocenters. The highest BCUT2D eigenvalue weighted by Crippen LogP contribution is 2.08. The monoisotopic (exact) mass is 284 g/mol. The standard InChI is InChI=1S/C14H31N.C3H5NO/c1-4-7-8-9-10-11-12-13-14-15(5-2)6-3;1-2-3(4)5/h4-14H2,1-3H3;2H,1H2,(H2,4,5). The zero-order valence-corrected chi connectivity index (χ0v) is 14.0. The highest BCUT2D eigenvalue weighted by atomic mass is 16.1. The van der Waals surface area contributed by atoms with Gasteiger partial charge in [-0.1, -0.05) is 72.3 Å². The fourth-order valence-corrected chi connectivity index (χ4v) is 2.01. The lowest BCUT2D eigenvalue weighted by Gasteiger charge is -2.17. The molecule has 0 heterocycles. The van der Waals surface area contributed by atoms with Gasteiger partial charge in [-0.3, -0.25) is 4.79 Å². The Balaban J connectivity index is 0. The molecule has 1 amide bonds. The average molecular weight is 284 g/mol. The van der Waals surface area contributed by atoms with Crippen LogP contribution < -0.4 is 5.73 Å². The molecule has 20 heavy (non-hydrogen) atoms. The molecule has 0 radical (unpaired) electrons. The molecule has 0 aromatic heterocycles. The maximum absolute atomic E-state index is 9.47. The lowest BCUT2D eigenvalue weighted by molar-refractivity contribution is -0.113. The number of rotatable bonds is 12. The number of carbonyl (C=O) groups excluding carboxylic acids is 1. The van der Waals surface area contributed by atoms with Gasteiger partial charge in [-0.15, -0.1) is 0 Å². The van der Waals surface area contributed by atoms with Crippen LogP contribution in [0.4, 0.5) is 0 Å². The highest BCUT2D eigenvalue weighted by Gasteiger charge is 1.97. The van der Waals surface area contributed by atoms with Crippen molar-refractivity contribution in [3.8, 4) is 0 Å². The largest absolute Gasteiger partial charge is 0.366 e. The Morgan fingerprint density at radius 2 is 1.35 bits per heavy atom. The number of amides is 1. The first-order chi connectivity index (χ1) is 9.62. The molecule has 120 valence electrons. The quantitative estimate of drug-likeness (QED) is 0.433. The second kappa shape index (κ2) is 18.2. The summed E-state index contributed by atoms with van der Waals surface area (Å²) in [5.74, 6) is -0.481. The first-order valence-electron chi connectivity index (χ1n) is 8.26. The highest BCUT2D eigenvalue weighted by molar-refractivity contribution is 5.84. The lowest BCUT2D eigenvalue weighted by Crippen LogP contribution is -2.23. The zero-order chi connectivity index (χ0) is 15.6. The molecule has 0 aromatic carbocycles. The third-order valence-electron chi connectivity index (χ3n) is 3.42. The van der Waals surface area contributed by atoms with Crippen LogP contribution >= 0.6 is 0 Å². The van der Waals surface area contributed by atoms with Crippen LogP contribution in [-0.2, 0) is 4.79 Å². The second-order valence-electron chi connectivity index (χ2n) is 5.11. The van der Waals surface area contributed by atoms with E-state index < -0.39 is 5.91 Å². The van der Waals surface area contributed by atoms with Crippen LogP contribution in [0, 0.1) is 0 Å². The Bertz CT molecular complexity index is 213. The van der Waals surface area contributed by atoms with Gasteiger partial charge in [0, 0.05) is 0 Å². The molecule has 0 aliphatic rings. The van der Waals surface area contributed by atoms with Crippen molar-refractivity contribution in [2.24, 2.45) is 5.73 Å². The van der Waals surface area contributed by atoms with Gasteiger partial charge in [0.2, 0.25) is 5.91 Å². The van der Waals surface area contributed by atoms with E-state index in [-0.39, 0.29) is 0 Å². The van der Waals surface area contributed by atoms with Gasteiger partial charge >= 0.3 is 0 Å². The lowest BCUT2D eigenvalue weighted by atomic mass is 10.1. The maximum Gasteiger partial charge on any atom is 0.240 e. The first kappa shape index (κ1) is 21.5. The summed E-state index contributed by atoms with van der Waals surface area (Å²) in [6, 6.07) is 0. The summed E-state index contributed by atoms with van der Waals surface area (Å²) in [4.78, 5) is 12.0. The molecule has 0 saturated carbocycles. The summed E-state index contributed by atoms with van der Waals surface area (Å²) in [7, 11) is 0. The van der Waals surface area contributed by atoms with Crippen molar-refractivity contribution in [2.75, 3.05) is 19.6 Å². The van der Waals surface area contributed by atoms with Gasteiger partial charge in [0.05, 0.1) is 0 Å². The summed E-state index contributed by atoms with van der Waals surface area (Å²) in [6.07, 6.45) is 12.5. The molecular formula is C17H36N2O. The minimum atomic E-state index is -0.481.